The molecular formula is C20H22BrClN2O3S. The van der Waals surface area contributed by atoms with Crippen molar-refractivity contribution in [3.63, 3.8) is 0 Å². The second-order valence-electron chi connectivity index (χ2n) is 7.32. The first-order valence-electron chi connectivity index (χ1n) is 8.87. The number of benzene rings is 2. The van der Waals surface area contributed by atoms with Gasteiger partial charge < -0.3 is 10.1 Å². The Morgan fingerprint density at radius 3 is 2.46 bits per heavy atom. The zero-order valence-electron chi connectivity index (χ0n) is 15.8. The highest BCUT2D eigenvalue weighted by molar-refractivity contribution is 9.10. The molecule has 150 valence electrons. The molecule has 5 nitrogen and oxygen atoms in total. The van der Waals surface area contributed by atoms with Gasteiger partial charge in [-0.25, -0.2) is 8.42 Å². The van der Waals surface area contributed by atoms with Gasteiger partial charge in [-0.2, -0.15) is 0 Å². The van der Waals surface area contributed by atoms with Gasteiger partial charge in [-0.15, -0.1) is 4.40 Å². The molecule has 0 saturated carbocycles. The average molecular weight is 486 g/mol. The van der Waals surface area contributed by atoms with Crippen LogP contribution < -0.4 is 5.32 Å². The minimum absolute atomic E-state index is 0.00974. The first-order valence-corrected chi connectivity index (χ1v) is 11.5. The number of hydrogen-bond acceptors (Lipinski definition) is 4. The molecule has 0 spiro atoms. The topological polar surface area (TPSA) is 67.8 Å². The SMILES string of the molecule is C[C@H](NC1=NS(=O)(=O)C(Cc2ccc(Br)cc2)C(C)(C)O1)c1ccccc1Cl. The quantitative estimate of drug-likeness (QED) is 0.671. The van der Waals surface area contributed by atoms with Crippen molar-refractivity contribution >= 4 is 43.6 Å². The van der Waals surface area contributed by atoms with Crippen molar-refractivity contribution in [3.8, 4) is 0 Å². The Balaban J connectivity index is 1.84. The highest BCUT2D eigenvalue weighted by Gasteiger charge is 2.46. The molecule has 2 aromatic carbocycles. The van der Waals surface area contributed by atoms with Gasteiger partial charge in [0.05, 0.1) is 6.04 Å². The fourth-order valence-electron chi connectivity index (χ4n) is 3.20. The second-order valence-corrected chi connectivity index (χ2v) is 10.4. The van der Waals surface area contributed by atoms with Gasteiger partial charge in [0, 0.05) is 9.50 Å². The van der Waals surface area contributed by atoms with E-state index in [1.807, 2.05) is 49.4 Å². The lowest BCUT2D eigenvalue weighted by Crippen LogP contribution is -2.52. The van der Waals surface area contributed by atoms with Crippen molar-refractivity contribution in [2.45, 2.75) is 44.1 Å². The number of hydrogen-bond donors (Lipinski definition) is 1. The number of halogens is 2. The molecule has 1 heterocycles. The Morgan fingerprint density at radius 2 is 1.86 bits per heavy atom. The van der Waals surface area contributed by atoms with Crippen LogP contribution in [0, 0.1) is 0 Å². The van der Waals surface area contributed by atoms with Crippen molar-refractivity contribution in [2.75, 3.05) is 0 Å². The summed E-state index contributed by atoms with van der Waals surface area (Å²) in [6, 6.07) is 14.7. The summed E-state index contributed by atoms with van der Waals surface area (Å²) in [5.74, 6) is 0. The van der Waals surface area contributed by atoms with E-state index in [0.29, 0.717) is 11.4 Å². The third-order valence-corrected chi connectivity index (χ3v) is 7.50. The maximum Gasteiger partial charge on any atom is 0.301 e. The fraction of sp³-hybridized carbons (Fsp3) is 0.350. The molecule has 1 aliphatic rings. The van der Waals surface area contributed by atoms with Gasteiger partial charge in [0.15, 0.2) is 0 Å². The Kier molecular flexibility index (Phi) is 6.08. The van der Waals surface area contributed by atoms with Gasteiger partial charge >= 0.3 is 6.02 Å². The molecule has 0 bridgehead atoms. The Bertz CT molecular complexity index is 991. The number of rotatable bonds is 4. The van der Waals surface area contributed by atoms with Crippen LogP contribution in [0.25, 0.3) is 0 Å². The number of nitrogens with one attached hydrogen (secondary N) is 1. The number of amidine groups is 1. The van der Waals surface area contributed by atoms with E-state index in [9.17, 15) is 8.42 Å². The van der Waals surface area contributed by atoms with E-state index >= 15 is 0 Å². The minimum atomic E-state index is -3.77. The van der Waals surface area contributed by atoms with Crippen molar-refractivity contribution < 1.29 is 13.2 Å². The number of ether oxygens (including phenoxy) is 1. The molecule has 0 aliphatic carbocycles. The summed E-state index contributed by atoms with van der Waals surface area (Å²) >= 11 is 9.62. The number of sulfonamides is 1. The molecule has 0 aromatic heterocycles. The normalized spacial score (nSPS) is 21.3. The van der Waals surface area contributed by atoms with E-state index in [-0.39, 0.29) is 12.1 Å². The average Bonchev–Trinajstić information content (AvgIpc) is 2.59. The first kappa shape index (κ1) is 21.1. The summed E-state index contributed by atoms with van der Waals surface area (Å²) < 4.78 is 36.6. The fourth-order valence-corrected chi connectivity index (χ4v) is 5.38. The summed E-state index contributed by atoms with van der Waals surface area (Å²) in [6.07, 6.45) is 0.319. The van der Waals surface area contributed by atoms with Crippen LogP contribution in [0.2, 0.25) is 5.02 Å². The van der Waals surface area contributed by atoms with Crippen LogP contribution in [0.3, 0.4) is 0 Å². The van der Waals surface area contributed by atoms with Crippen LogP contribution in [0.1, 0.15) is 37.9 Å². The molecule has 0 saturated heterocycles. The van der Waals surface area contributed by atoms with Crippen LogP contribution in [-0.2, 0) is 21.2 Å². The lowest BCUT2D eigenvalue weighted by atomic mass is 9.97. The summed E-state index contributed by atoms with van der Waals surface area (Å²) in [5.41, 5.74) is 0.795. The summed E-state index contributed by atoms with van der Waals surface area (Å²) in [7, 11) is -3.77. The van der Waals surface area contributed by atoms with Gasteiger partial charge in [-0.05, 0) is 56.5 Å². The van der Waals surface area contributed by atoms with Crippen LogP contribution >= 0.6 is 27.5 Å². The molecule has 28 heavy (non-hydrogen) atoms. The lowest BCUT2D eigenvalue weighted by molar-refractivity contribution is 0.0769. The first-order chi connectivity index (χ1) is 13.1. The maximum absolute atomic E-state index is 12.9. The molecule has 0 amide bonds. The van der Waals surface area contributed by atoms with Crippen LogP contribution in [0.4, 0.5) is 0 Å². The predicted octanol–water partition coefficient (Wildman–Crippen LogP) is 4.86. The second kappa shape index (κ2) is 8.05. The number of nitrogens with zero attached hydrogens (tertiary/aromatic N) is 1. The van der Waals surface area contributed by atoms with E-state index in [2.05, 4.69) is 25.6 Å². The monoisotopic (exact) mass is 484 g/mol. The van der Waals surface area contributed by atoms with E-state index in [1.165, 1.54) is 0 Å². The molecule has 2 aromatic rings. The van der Waals surface area contributed by atoms with Gasteiger partial charge in [-0.3, -0.25) is 0 Å². The predicted molar refractivity (Wildman–Crippen MR) is 116 cm³/mol. The summed E-state index contributed by atoms with van der Waals surface area (Å²) in [6.45, 7) is 5.41. The minimum Gasteiger partial charge on any atom is -0.457 e. The van der Waals surface area contributed by atoms with E-state index in [0.717, 1.165) is 15.6 Å². The van der Waals surface area contributed by atoms with Gasteiger partial charge in [0.25, 0.3) is 10.0 Å². The molecule has 2 atom stereocenters. The zero-order chi connectivity index (χ0) is 20.5. The Labute approximate surface area is 179 Å². The lowest BCUT2D eigenvalue weighted by Gasteiger charge is -2.37. The van der Waals surface area contributed by atoms with Crippen LogP contribution in [0.15, 0.2) is 57.4 Å². The van der Waals surface area contributed by atoms with E-state index in [4.69, 9.17) is 16.3 Å². The highest BCUT2D eigenvalue weighted by atomic mass is 79.9. The molecule has 1 aliphatic heterocycles. The summed E-state index contributed by atoms with van der Waals surface area (Å²) in [5, 5.41) is 2.84. The van der Waals surface area contributed by atoms with Crippen LogP contribution in [-0.4, -0.2) is 25.3 Å². The van der Waals surface area contributed by atoms with Crippen molar-refractivity contribution in [3.05, 3.63) is 69.2 Å². The Hall–Kier alpha value is -1.57. The maximum atomic E-state index is 12.9. The smallest absolute Gasteiger partial charge is 0.301 e. The Morgan fingerprint density at radius 1 is 1.21 bits per heavy atom. The summed E-state index contributed by atoms with van der Waals surface area (Å²) in [4.78, 5) is 0. The highest BCUT2D eigenvalue weighted by Crippen LogP contribution is 2.31. The third kappa shape index (κ3) is 4.70. The van der Waals surface area contributed by atoms with E-state index in [1.54, 1.807) is 19.9 Å². The molecule has 3 rings (SSSR count). The standard InChI is InChI=1S/C20H22BrClN2O3S/c1-13(16-6-4-5-7-17(16)22)23-19-24-28(25,26)18(20(2,3)27-19)12-14-8-10-15(21)11-9-14/h4-11,13,18H,12H2,1-3H3,(H,23,24)/t13-,18?/m0/s1. The van der Waals surface area contributed by atoms with Gasteiger partial charge in [0.1, 0.15) is 10.9 Å². The van der Waals surface area contributed by atoms with Crippen molar-refractivity contribution in [2.24, 2.45) is 4.40 Å². The van der Waals surface area contributed by atoms with Gasteiger partial charge in [-0.1, -0.05) is 57.9 Å². The van der Waals surface area contributed by atoms with Crippen LogP contribution in [0.5, 0.6) is 0 Å². The largest absolute Gasteiger partial charge is 0.457 e. The molecule has 0 fully saturated rings. The van der Waals surface area contributed by atoms with E-state index < -0.39 is 20.9 Å². The van der Waals surface area contributed by atoms with Crippen molar-refractivity contribution in [1.29, 1.82) is 0 Å². The molecule has 0 radical (unpaired) electrons. The third-order valence-electron chi connectivity index (χ3n) is 4.75. The zero-order valence-corrected chi connectivity index (χ0v) is 19.0. The molecule has 1 N–H and O–H groups in total. The molecule has 8 heteroatoms. The van der Waals surface area contributed by atoms with Gasteiger partial charge in [0.2, 0.25) is 0 Å². The van der Waals surface area contributed by atoms with Crippen molar-refractivity contribution in [1.82, 2.24) is 5.32 Å². The molecule has 1 unspecified atom stereocenters. The molecular weight excluding hydrogens is 464 g/mol.